The summed E-state index contributed by atoms with van der Waals surface area (Å²) in [6, 6.07) is 12.3. The van der Waals surface area contributed by atoms with Crippen LogP contribution in [0.4, 0.5) is 19.3 Å². The minimum Gasteiger partial charge on any atom is -0.338 e. The first-order valence-corrected chi connectivity index (χ1v) is 14.8. The number of carbonyl (C=O) groups is 1. The third kappa shape index (κ3) is 9.22. The van der Waals surface area contributed by atoms with Gasteiger partial charge in [0, 0.05) is 27.0 Å². The Morgan fingerprint density at radius 1 is 1.08 bits per heavy atom. The first-order valence-electron chi connectivity index (χ1n) is 13.1. The highest BCUT2D eigenvalue weighted by atomic mass is 79.9. The second-order valence-corrected chi connectivity index (χ2v) is 11.4. The Labute approximate surface area is 231 Å². The van der Waals surface area contributed by atoms with Crippen molar-refractivity contribution in [3.63, 3.8) is 0 Å². The van der Waals surface area contributed by atoms with Crippen molar-refractivity contribution in [1.82, 2.24) is 5.32 Å². The summed E-state index contributed by atoms with van der Waals surface area (Å²) in [5, 5.41) is 8.99. The van der Waals surface area contributed by atoms with Crippen LogP contribution in [0.15, 0.2) is 65.0 Å². The number of urea groups is 1. The van der Waals surface area contributed by atoms with Crippen molar-refractivity contribution in [1.29, 1.82) is 0 Å². The van der Waals surface area contributed by atoms with Crippen LogP contribution in [0.25, 0.3) is 10.1 Å². The lowest BCUT2D eigenvalue weighted by atomic mass is 9.90. The number of hydrogen-bond acceptors (Lipinski definition) is 2. The fourth-order valence-electron chi connectivity index (χ4n) is 4.67. The predicted molar refractivity (Wildman–Crippen MR) is 157 cm³/mol. The molecule has 0 saturated carbocycles. The summed E-state index contributed by atoms with van der Waals surface area (Å²) in [5.41, 5.74) is 2.04. The number of carbonyl (C=O) groups excluding carboxylic acids is 1. The molecule has 1 unspecified atom stereocenters. The summed E-state index contributed by atoms with van der Waals surface area (Å²) >= 11 is 4.93. The molecule has 7 heteroatoms. The van der Waals surface area contributed by atoms with Crippen LogP contribution >= 0.6 is 27.3 Å². The molecule has 37 heavy (non-hydrogen) atoms. The van der Waals surface area contributed by atoms with Gasteiger partial charge in [0.2, 0.25) is 0 Å². The minimum absolute atomic E-state index is 0.00633. The SMILES string of the molecule is C=CC(F)(F)c1ccc2c(CCCC(CCC)CCCCCNC(=O)Nc3ccc(Br)cc3)csc2c1. The molecule has 0 bridgehead atoms. The normalized spacial score (nSPS) is 12.4. The molecule has 2 aromatic carbocycles. The number of anilines is 1. The van der Waals surface area contributed by atoms with Gasteiger partial charge < -0.3 is 10.6 Å². The molecule has 1 atom stereocenters. The van der Waals surface area contributed by atoms with Crippen molar-refractivity contribution < 1.29 is 13.6 Å². The van der Waals surface area contributed by atoms with Gasteiger partial charge in [0.1, 0.15) is 0 Å². The van der Waals surface area contributed by atoms with Gasteiger partial charge in [-0.25, -0.2) is 4.79 Å². The highest BCUT2D eigenvalue weighted by Gasteiger charge is 2.27. The number of amides is 2. The number of halogens is 3. The van der Waals surface area contributed by atoms with Crippen LogP contribution in [0.2, 0.25) is 0 Å². The average Bonchev–Trinajstić information content (AvgIpc) is 3.29. The topological polar surface area (TPSA) is 41.1 Å². The van der Waals surface area contributed by atoms with Crippen molar-refractivity contribution in [2.24, 2.45) is 5.92 Å². The first-order chi connectivity index (χ1) is 17.8. The van der Waals surface area contributed by atoms with Gasteiger partial charge in [0.15, 0.2) is 0 Å². The van der Waals surface area contributed by atoms with E-state index in [1.165, 1.54) is 43.7 Å². The Morgan fingerprint density at radius 2 is 1.84 bits per heavy atom. The highest BCUT2D eigenvalue weighted by Crippen LogP contribution is 2.35. The van der Waals surface area contributed by atoms with Gasteiger partial charge in [-0.15, -0.1) is 11.3 Å². The molecule has 3 rings (SSSR count). The number of aryl methyl sites for hydroxylation is 1. The van der Waals surface area contributed by atoms with Crippen LogP contribution in [0.5, 0.6) is 0 Å². The van der Waals surface area contributed by atoms with Crippen LogP contribution in [0.1, 0.15) is 69.4 Å². The molecular formula is C30H37BrF2N2OS. The quantitative estimate of drug-likeness (QED) is 0.134. The van der Waals surface area contributed by atoms with Crippen molar-refractivity contribution in [2.45, 2.75) is 70.6 Å². The van der Waals surface area contributed by atoms with E-state index in [-0.39, 0.29) is 11.6 Å². The van der Waals surface area contributed by atoms with Crippen LogP contribution in [0.3, 0.4) is 0 Å². The predicted octanol–water partition coefficient (Wildman–Crippen LogP) is 10.1. The molecule has 0 spiro atoms. The minimum atomic E-state index is -2.99. The molecule has 1 aromatic heterocycles. The summed E-state index contributed by atoms with van der Waals surface area (Å²) < 4.78 is 29.8. The zero-order valence-corrected chi connectivity index (χ0v) is 23.9. The van der Waals surface area contributed by atoms with E-state index in [4.69, 9.17) is 0 Å². The van der Waals surface area contributed by atoms with Gasteiger partial charge in [-0.05, 0) is 77.9 Å². The van der Waals surface area contributed by atoms with Crippen LogP contribution in [0, 0.1) is 5.92 Å². The van der Waals surface area contributed by atoms with Gasteiger partial charge >= 0.3 is 6.03 Å². The van der Waals surface area contributed by atoms with Gasteiger partial charge in [-0.2, -0.15) is 8.78 Å². The van der Waals surface area contributed by atoms with Gasteiger partial charge in [-0.3, -0.25) is 0 Å². The number of nitrogens with one attached hydrogen (secondary N) is 2. The van der Waals surface area contributed by atoms with Gasteiger partial charge in [0.25, 0.3) is 5.92 Å². The maximum Gasteiger partial charge on any atom is 0.319 e. The third-order valence-corrected chi connectivity index (χ3v) is 8.25. The second-order valence-electron chi connectivity index (χ2n) is 9.58. The van der Waals surface area contributed by atoms with E-state index >= 15 is 0 Å². The molecule has 1 heterocycles. The second kappa shape index (κ2) is 14.6. The van der Waals surface area contributed by atoms with Crippen molar-refractivity contribution in [2.75, 3.05) is 11.9 Å². The average molecular weight is 592 g/mol. The summed E-state index contributed by atoms with van der Waals surface area (Å²) in [4.78, 5) is 12.0. The fraction of sp³-hybridized carbons (Fsp3) is 0.433. The van der Waals surface area contributed by atoms with Crippen molar-refractivity contribution >= 4 is 49.1 Å². The third-order valence-electron chi connectivity index (χ3n) is 6.73. The lowest BCUT2D eigenvalue weighted by Crippen LogP contribution is -2.29. The number of benzene rings is 2. The molecule has 0 aliphatic heterocycles. The summed E-state index contributed by atoms with van der Waals surface area (Å²) in [7, 11) is 0. The summed E-state index contributed by atoms with van der Waals surface area (Å²) in [6.07, 6.45) is 10.9. The number of alkyl halides is 2. The Morgan fingerprint density at radius 3 is 2.57 bits per heavy atom. The van der Waals surface area contributed by atoms with Crippen molar-refractivity contribution in [3.05, 3.63) is 76.1 Å². The van der Waals surface area contributed by atoms with Crippen molar-refractivity contribution in [3.8, 4) is 0 Å². The summed E-state index contributed by atoms with van der Waals surface area (Å²) in [5.74, 6) is -2.28. The fourth-order valence-corrected chi connectivity index (χ4v) is 5.97. The van der Waals surface area contributed by atoms with E-state index in [2.05, 4.69) is 45.4 Å². The number of unbranched alkanes of at least 4 members (excludes halogenated alkanes) is 2. The van der Waals surface area contributed by atoms with E-state index in [1.807, 2.05) is 30.3 Å². The lowest BCUT2D eigenvalue weighted by Gasteiger charge is -2.16. The Balaban J connectivity index is 1.35. The maximum absolute atomic E-state index is 13.9. The first kappa shape index (κ1) is 29.3. The molecule has 3 nitrogen and oxygen atoms in total. The van der Waals surface area contributed by atoms with Crippen LogP contribution < -0.4 is 10.6 Å². The molecule has 0 aliphatic rings. The summed E-state index contributed by atoms with van der Waals surface area (Å²) in [6.45, 7) is 6.17. The molecular weight excluding hydrogens is 554 g/mol. The molecule has 0 fully saturated rings. The number of rotatable bonds is 15. The molecule has 0 saturated heterocycles. The lowest BCUT2D eigenvalue weighted by molar-refractivity contribution is 0.0527. The molecule has 200 valence electrons. The van der Waals surface area contributed by atoms with E-state index < -0.39 is 5.92 Å². The molecule has 0 radical (unpaired) electrons. The van der Waals surface area contributed by atoms with Crippen LogP contribution in [-0.2, 0) is 12.3 Å². The molecule has 2 amide bonds. The monoisotopic (exact) mass is 590 g/mol. The smallest absolute Gasteiger partial charge is 0.319 e. The van der Waals surface area contributed by atoms with Crippen LogP contribution in [-0.4, -0.2) is 12.6 Å². The van der Waals surface area contributed by atoms with Gasteiger partial charge in [0.05, 0.1) is 0 Å². The maximum atomic E-state index is 13.9. The molecule has 2 N–H and O–H groups in total. The molecule has 3 aromatic rings. The number of allylic oxidation sites excluding steroid dienone is 1. The van der Waals surface area contributed by atoms with E-state index in [1.54, 1.807) is 17.4 Å². The highest BCUT2D eigenvalue weighted by molar-refractivity contribution is 9.10. The van der Waals surface area contributed by atoms with E-state index in [0.29, 0.717) is 18.5 Å². The largest absolute Gasteiger partial charge is 0.338 e. The van der Waals surface area contributed by atoms with E-state index in [0.717, 1.165) is 45.9 Å². The number of thiophene rings is 1. The van der Waals surface area contributed by atoms with E-state index in [9.17, 15) is 13.6 Å². The zero-order valence-electron chi connectivity index (χ0n) is 21.5. The number of hydrogen-bond donors (Lipinski definition) is 2. The Hall–Kier alpha value is -2.25. The zero-order chi connectivity index (χ0) is 26.7. The number of fused-ring (bicyclic) bond motifs is 1. The standard InChI is InChI=1S/C30H37BrF2N2OS/c1-3-9-22(10-6-5-7-19-34-29(36)35-26-16-14-25(31)15-17-26)11-8-12-23-21-37-28-20-24(13-18-27(23)28)30(32,33)4-2/h4,13-18,20-22H,2-3,5-12,19H2,1H3,(H2,34,35,36). The Kier molecular flexibility index (Phi) is 11.6. The van der Waals surface area contributed by atoms with Gasteiger partial charge in [-0.1, -0.05) is 80.1 Å². The Bertz CT molecular complexity index is 1150. The molecule has 0 aliphatic carbocycles.